The van der Waals surface area contributed by atoms with E-state index in [1.165, 1.54) is 0 Å². The topological polar surface area (TPSA) is 62.5 Å². The Labute approximate surface area is 121 Å². The summed E-state index contributed by atoms with van der Waals surface area (Å²) in [5, 5.41) is 13.4. The van der Waals surface area contributed by atoms with Crippen molar-refractivity contribution >= 4 is 28.5 Å². The van der Waals surface area contributed by atoms with Crippen molar-refractivity contribution in [1.29, 1.82) is 0 Å². The van der Waals surface area contributed by atoms with E-state index in [1.807, 2.05) is 0 Å². The molecule has 3 rings (SSSR count). The molecular formula is C15H16ClNO3. The highest BCUT2D eigenvalue weighted by molar-refractivity contribution is 6.31. The number of amides is 1. The molecule has 4 nitrogen and oxygen atoms in total. The Balaban J connectivity index is 1.77. The number of rotatable bonds is 5. The molecule has 1 atom stereocenters. The highest BCUT2D eigenvalue weighted by Crippen LogP contribution is 2.34. The third kappa shape index (κ3) is 2.81. The molecule has 0 spiro atoms. The average Bonchev–Trinajstić information content (AvgIpc) is 3.17. The molecule has 1 unspecified atom stereocenters. The summed E-state index contributed by atoms with van der Waals surface area (Å²) in [6.45, 7) is 0.0805. The van der Waals surface area contributed by atoms with Gasteiger partial charge in [0.2, 0.25) is 0 Å². The van der Waals surface area contributed by atoms with Crippen LogP contribution in [0.3, 0.4) is 0 Å². The van der Waals surface area contributed by atoms with Crippen LogP contribution in [0, 0.1) is 5.92 Å². The number of aliphatic hydroxyl groups is 1. The molecule has 1 saturated carbocycles. The molecule has 2 aromatic rings. The number of halogens is 1. The van der Waals surface area contributed by atoms with Gasteiger partial charge in [0.15, 0.2) is 5.76 Å². The Kier molecular flexibility index (Phi) is 3.68. The summed E-state index contributed by atoms with van der Waals surface area (Å²) in [5.74, 6) is 0.540. The molecule has 1 aliphatic carbocycles. The second-order valence-corrected chi connectivity index (χ2v) is 5.66. The number of furan rings is 1. The summed E-state index contributed by atoms with van der Waals surface area (Å²) < 4.78 is 5.53. The molecule has 1 heterocycles. The predicted octanol–water partition coefficient (Wildman–Crippen LogP) is 2.98. The van der Waals surface area contributed by atoms with Gasteiger partial charge in [-0.2, -0.15) is 0 Å². The van der Waals surface area contributed by atoms with Gasteiger partial charge in [-0.15, -0.1) is 0 Å². The van der Waals surface area contributed by atoms with Crippen molar-refractivity contribution in [3.8, 4) is 0 Å². The molecule has 1 amide bonds. The van der Waals surface area contributed by atoms with E-state index in [4.69, 9.17) is 21.1 Å². The number of carbonyl (C=O) groups excluding carboxylic acids is 1. The molecule has 0 radical (unpaired) electrons. The van der Waals surface area contributed by atoms with Gasteiger partial charge in [0.05, 0.1) is 0 Å². The Hall–Kier alpha value is -1.52. The minimum Gasteiger partial charge on any atom is -0.451 e. The second-order valence-electron chi connectivity index (χ2n) is 5.22. The van der Waals surface area contributed by atoms with Gasteiger partial charge in [-0.1, -0.05) is 11.6 Å². The van der Waals surface area contributed by atoms with Crippen molar-refractivity contribution in [3.63, 3.8) is 0 Å². The van der Waals surface area contributed by atoms with Crippen LogP contribution in [0.1, 0.15) is 29.8 Å². The first-order valence-electron chi connectivity index (χ1n) is 6.78. The van der Waals surface area contributed by atoms with Crippen LogP contribution in [-0.4, -0.2) is 23.7 Å². The van der Waals surface area contributed by atoms with Crippen molar-refractivity contribution in [2.75, 3.05) is 6.61 Å². The van der Waals surface area contributed by atoms with Crippen molar-refractivity contribution in [2.45, 2.75) is 25.3 Å². The van der Waals surface area contributed by atoms with E-state index in [0.29, 0.717) is 22.9 Å². The van der Waals surface area contributed by atoms with Crippen LogP contribution in [0.25, 0.3) is 11.0 Å². The Morgan fingerprint density at radius 1 is 1.45 bits per heavy atom. The summed E-state index contributed by atoms with van der Waals surface area (Å²) in [5.41, 5.74) is 0.643. The van der Waals surface area contributed by atoms with E-state index >= 15 is 0 Å². The lowest BCUT2D eigenvalue weighted by Gasteiger charge is -2.15. The first-order valence-corrected chi connectivity index (χ1v) is 7.16. The number of hydrogen-bond donors (Lipinski definition) is 2. The predicted molar refractivity (Wildman–Crippen MR) is 76.9 cm³/mol. The molecule has 2 N–H and O–H groups in total. The summed E-state index contributed by atoms with van der Waals surface area (Å²) in [7, 11) is 0. The van der Waals surface area contributed by atoms with Crippen LogP contribution in [0.2, 0.25) is 5.02 Å². The van der Waals surface area contributed by atoms with E-state index in [9.17, 15) is 4.79 Å². The Morgan fingerprint density at radius 3 is 2.95 bits per heavy atom. The maximum absolute atomic E-state index is 12.2. The van der Waals surface area contributed by atoms with E-state index < -0.39 is 0 Å². The van der Waals surface area contributed by atoms with Gasteiger partial charge in [-0.05, 0) is 49.4 Å². The van der Waals surface area contributed by atoms with Crippen molar-refractivity contribution in [1.82, 2.24) is 5.32 Å². The number of fused-ring (bicyclic) bond motifs is 1. The fourth-order valence-electron chi connectivity index (χ4n) is 2.43. The molecule has 0 bridgehead atoms. The summed E-state index contributed by atoms with van der Waals surface area (Å²) in [6, 6.07) is 6.97. The van der Waals surface area contributed by atoms with Gasteiger partial charge in [0, 0.05) is 23.1 Å². The maximum atomic E-state index is 12.2. The molecule has 0 aliphatic heterocycles. The van der Waals surface area contributed by atoms with Crippen LogP contribution in [-0.2, 0) is 0 Å². The molecule has 1 aliphatic rings. The average molecular weight is 294 g/mol. The lowest BCUT2D eigenvalue weighted by molar-refractivity contribution is 0.0898. The van der Waals surface area contributed by atoms with Gasteiger partial charge in [0.1, 0.15) is 5.58 Å². The highest BCUT2D eigenvalue weighted by atomic mass is 35.5. The third-order valence-corrected chi connectivity index (χ3v) is 3.88. The normalized spacial score (nSPS) is 16.3. The molecule has 1 aromatic heterocycles. The zero-order valence-corrected chi connectivity index (χ0v) is 11.7. The minimum absolute atomic E-state index is 0.0318. The van der Waals surface area contributed by atoms with E-state index in [-0.39, 0.29) is 24.3 Å². The third-order valence-electron chi connectivity index (χ3n) is 3.65. The fraction of sp³-hybridized carbons (Fsp3) is 0.400. The Morgan fingerprint density at radius 2 is 2.25 bits per heavy atom. The van der Waals surface area contributed by atoms with Crippen LogP contribution < -0.4 is 5.32 Å². The molecule has 1 aromatic carbocycles. The molecule has 106 valence electrons. The van der Waals surface area contributed by atoms with Crippen LogP contribution in [0.4, 0.5) is 0 Å². The molecule has 20 heavy (non-hydrogen) atoms. The molecule has 1 fully saturated rings. The van der Waals surface area contributed by atoms with Gasteiger partial charge >= 0.3 is 0 Å². The standard InChI is InChI=1S/C15H16ClNO3/c16-11-3-4-13-10(7-11)8-14(20-13)15(19)17-12(5-6-18)9-1-2-9/h3-4,7-9,12,18H,1-2,5-6H2,(H,17,19). The number of aliphatic hydroxyl groups excluding tert-OH is 1. The largest absolute Gasteiger partial charge is 0.451 e. The van der Waals surface area contributed by atoms with Gasteiger partial charge < -0.3 is 14.8 Å². The van der Waals surface area contributed by atoms with Gasteiger partial charge in [0.25, 0.3) is 5.91 Å². The minimum atomic E-state index is -0.234. The van der Waals surface area contributed by atoms with Crippen molar-refractivity contribution in [3.05, 3.63) is 35.0 Å². The second kappa shape index (κ2) is 5.46. The quantitative estimate of drug-likeness (QED) is 0.891. The van der Waals surface area contributed by atoms with E-state index in [2.05, 4.69) is 5.32 Å². The summed E-state index contributed by atoms with van der Waals surface area (Å²) in [6.07, 6.45) is 2.81. The zero-order valence-electron chi connectivity index (χ0n) is 10.9. The van der Waals surface area contributed by atoms with Gasteiger partial charge in [-0.25, -0.2) is 0 Å². The smallest absolute Gasteiger partial charge is 0.287 e. The van der Waals surface area contributed by atoms with Crippen molar-refractivity contribution in [2.24, 2.45) is 5.92 Å². The van der Waals surface area contributed by atoms with Crippen LogP contribution >= 0.6 is 11.6 Å². The zero-order chi connectivity index (χ0) is 14.1. The maximum Gasteiger partial charge on any atom is 0.287 e. The van der Waals surface area contributed by atoms with Crippen LogP contribution in [0.15, 0.2) is 28.7 Å². The fourth-order valence-corrected chi connectivity index (χ4v) is 2.61. The lowest BCUT2D eigenvalue weighted by atomic mass is 10.1. The summed E-state index contributed by atoms with van der Waals surface area (Å²) in [4.78, 5) is 12.2. The SMILES string of the molecule is O=C(NC(CCO)C1CC1)c1cc2cc(Cl)ccc2o1. The van der Waals surface area contributed by atoms with E-state index in [0.717, 1.165) is 18.2 Å². The molecule has 0 saturated heterocycles. The Bertz CT molecular complexity index is 633. The number of benzene rings is 1. The summed E-state index contributed by atoms with van der Waals surface area (Å²) >= 11 is 5.91. The van der Waals surface area contributed by atoms with E-state index in [1.54, 1.807) is 24.3 Å². The highest BCUT2D eigenvalue weighted by Gasteiger charge is 2.32. The number of hydrogen-bond acceptors (Lipinski definition) is 3. The molecular weight excluding hydrogens is 278 g/mol. The lowest BCUT2D eigenvalue weighted by Crippen LogP contribution is -2.36. The monoisotopic (exact) mass is 293 g/mol. The number of nitrogens with one attached hydrogen (secondary N) is 1. The first kappa shape index (κ1) is 13.5. The molecule has 5 heteroatoms. The van der Waals surface area contributed by atoms with Crippen LogP contribution in [0.5, 0.6) is 0 Å². The van der Waals surface area contributed by atoms with Crippen molar-refractivity contribution < 1.29 is 14.3 Å². The van der Waals surface area contributed by atoms with Gasteiger partial charge in [-0.3, -0.25) is 4.79 Å². The first-order chi connectivity index (χ1) is 9.67. The number of carbonyl (C=O) groups is 1.